The molecule has 1 aliphatic heterocycles. The Bertz CT molecular complexity index is 770. The fourth-order valence-corrected chi connectivity index (χ4v) is 3.18. The van der Waals surface area contributed by atoms with Crippen molar-refractivity contribution < 1.29 is 9.90 Å². The number of aliphatic hydroxyl groups excluding tert-OH is 1. The van der Waals surface area contributed by atoms with Crippen LogP contribution in [0.1, 0.15) is 38.7 Å². The molecule has 1 atom stereocenters. The van der Waals surface area contributed by atoms with Crippen LogP contribution in [0, 0.1) is 13.8 Å². The van der Waals surface area contributed by atoms with Gasteiger partial charge in [-0.15, -0.1) is 0 Å². The first-order chi connectivity index (χ1) is 11.5. The van der Waals surface area contributed by atoms with Crippen molar-refractivity contribution in [1.82, 2.24) is 5.32 Å². The maximum absolute atomic E-state index is 12.4. The maximum atomic E-state index is 12.4. The van der Waals surface area contributed by atoms with Gasteiger partial charge in [0.1, 0.15) is 0 Å². The number of carbonyl (C=O) groups excluding carboxylic acids is 1. The highest BCUT2D eigenvalue weighted by molar-refractivity contribution is 5.95. The van der Waals surface area contributed by atoms with Crippen molar-refractivity contribution in [2.45, 2.75) is 26.4 Å². The molecule has 1 heterocycles. The lowest BCUT2D eigenvalue weighted by Gasteiger charge is -2.16. The van der Waals surface area contributed by atoms with Crippen molar-refractivity contribution in [2.75, 3.05) is 25.0 Å². The summed E-state index contributed by atoms with van der Waals surface area (Å²) in [6.07, 6.45) is 0.302. The van der Waals surface area contributed by atoms with E-state index in [1.165, 1.54) is 11.3 Å². The minimum atomic E-state index is -0.699. The number of aryl methyl sites for hydroxylation is 2. The first-order valence-electron chi connectivity index (χ1n) is 8.33. The van der Waals surface area contributed by atoms with E-state index in [9.17, 15) is 9.90 Å². The van der Waals surface area contributed by atoms with E-state index >= 15 is 0 Å². The molecular formula is C20H24N2O2. The van der Waals surface area contributed by atoms with E-state index in [2.05, 4.69) is 17.3 Å². The zero-order chi connectivity index (χ0) is 17.3. The summed E-state index contributed by atoms with van der Waals surface area (Å²) in [5.74, 6) is -0.142. The van der Waals surface area contributed by atoms with Crippen LogP contribution < -0.4 is 10.2 Å². The summed E-state index contributed by atoms with van der Waals surface area (Å²) in [5.41, 5.74) is 5.99. The molecule has 126 valence electrons. The molecule has 4 nitrogen and oxygen atoms in total. The number of nitrogens with zero attached hydrogens (tertiary/aromatic N) is 1. The van der Waals surface area contributed by atoms with Crippen LogP contribution in [0.5, 0.6) is 0 Å². The third kappa shape index (κ3) is 3.29. The lowest BCUT2D eigenvalue weighted by Crippen LogP contribution is -2.29. The zero-order valence-corrected chi connectivity index (χ0v) is 14.5. The summed E-state index contributed by atoms with van der Waals surface area (Å²) in [6, 6.07) is 11.8. The number of anilines is 1. The number of hydrogen-bond acceptors (Lipinski definition) is 3. The minimum absolute atomic E-state index is 0.142. The number of hydrogen-bond donors (Lipinski definition) is 2. The van der Waals surface area contributed by atoms with Crippen LogP contribution in [0.3, 0.4) is 0 Å². The van der Waals surface area contributed by atoms with E-state index in [-0.39, 0.29) is 12.5 Å². The van der Waals surface area contributed by atoms with Gasteiger partial charge in [0.05, 0.1) is 6.10 Å². The average Bonchev–Trinajstić information content (AvgIpc) is 2.95. The Balaban J connectivity index is 1.66. The van der Waals surface area contributed by atoms with Crippen molar-refractivity contribution in [3.05, 3.63) is 64.2 Å². The molecule has 4 heteroatoms. The molecule has 0 fully saturated rings. The molecule has 0 spiro atoms. The fourth-order valence-electron chi connectivity index (χ4n) is 3.18. The summed E-state index contributed by atoms with van der Waals surface area (Å²) in [7, 11) is 2.08. The molecule has 0 bridgehead atoms. The highest BCUT2D eigenvalue weighted by Crippen LogP contribution is 2.29. The van der Waals surface area contributed by atoms with E-state index in [0.29, 0.717) is 5.56 Å². The average molecular weight is 324 g/mol. The van der Waals surface area contributed by atoms with Gasteiger partial charge in [0.25, 0.3) is 5.91 Å². The zero-order valence-electron chi connectivity index (χ0n) is 14.5. The first kappa shape index (κ1) is 16.5. The van der Waals surface area contributed by atoms with Gasteiger partial charge in [-0.05, 0) is 49.1 Å². The van der Waals surface area contributed by atoms with E-state index < -0.39 is 6.10 Å². The predicted molar refractivity (Wildman–Crippen MR) is 96.6 cm³/mol. The van der Waals surface area contributed by atoms with Gasteiger partial charge in [0.2, 0.25) is 0 Å². The second-order valence-corrected chi connectivity index (χ2v) is 6.60. The molecule has 0 saturated carbocycles. The lowest BCUT2D eigenvalue weighted by molar-refractivity contribution is 0.0915. The van der Waals surface area contributed by atoms with E-state index in [0.717, 1.165) is 29.7 Å². The summed E-state index contributed by atoms with van der Waals surface area (Å²) < 4.78 is 0. The van der Waals surface area contributed by atoms with E-state index in [1.807, 2.05) is 50.2 Å². The molecule has 0 aliphatic carbocycles. The third-order valence-electron chi connectivity index (χ3n) is 4.71. The van der Waals surface area contributed by atoms with Crippen LogP contribution in [-0.2, 0) is 6.42 Å². The van der Waals surface area contributed by atoms with Crippen LogP contribution in [0.15, 0.2) is 36.4 Å². The molecule has 1 amide bonds. The Morgan fingerprint density at radius 2 is 2.04 bits per heavy atom. The van der Waals surface area contributed by atoms with Gasteiger partial charge in [0, 0.05) is 31.4 Å². The lowest BCUT2D eigenvalue weighted by atomic mass is 10.0. The van der Waals surface area contributed by atoms with Crippen molar-refractivity contribution in [2.24, 2.45) is 0 Å². The third-order valence-corrected chi connectivity index (χ3v) is 4.71. The SMILES string of the molecule is Cc1ccc(C)c(C(=O)NCC(O)c2ccc3c(c2)CCN3C)c1. The minimum Gasteiger partial charge on any atom is -0.387 e. The molecule has 2 aromatic rings. The predicted octanol–water partition coefficient (Wildman–Crippen LogP) is 2.76. The number of carbonyl (C=O) groups is 1. The smallest absolute Gasteiger partial charge is 0.251 e. The number of nitrogens with one attached hydrogen (secondary N) is 1. The normalized spacial score (nSPS) is 14.4. The Morgan fingerprint density at radius 1 is 1.25 bits per heavy atom. The summed E-state index contributed by atoms with van der Waals surface area (Å²) in [6.45, 7) is 5.10. The van der Waals surface area contributed by atoms with E-state index in [1.54, 1.807) is 0 Å². The largest absolute Gasteiger partial charge is 0.387 e. The monoisotopic (exact) mass is 324 g/mol. The van der Waals surface area contributed by atoms with Crippen LogP contribution in [0.25, 0.3) is 0 Å². The second kappa shape index (κ2) is 6.65. The van der Waals surface area contributed by atoms with Crippen molar-refractivity contribution in [3.8, 4) is 0 Å². The van der Waals surface area contributed by atoms with Gasteiger partial charge >= 0.3 is 0 Å². The van der Waals surface area contributed by atoms with Crippen molar-refractivity contribution in [1.29, 1.82) is 0 Å². The standard InChI is InChI=1S/C20H24N2O2/c1-13-4-5-14(2)17(10-13)20(24)21-12-19(23)16-6-7-18-15(11-16)8-9-22(18)3/h4-7,10-11,19,23H,8-9,12H2,1-3H3,(H,21,24). The molecular weight excluding hydrogens is 300 g/mol. The Hall–Kier alpha value is -2.33. The summed E-state index contributed by atoms with van der Waals surface area (Å²) >= 11 is 0. The van der Waals surface area contributed by atoms with Crippen molar-refractivity contribution >= 4 is 11.6 Å². The van der Waals surface area contributed by atoms with Gasteiger partial charge in [-0.1, -0.05) is 29.8 Å². The highest BCUT2D eigenvalue weighted by atomic mass is 16.3. The number of aliphatic hydroxyl groups is 1. The Morgan fingerprint density at radius 3 is 2.83 bits per heavy atom. The van der Waals surface area contributed by atoms with Gasteiger partial charge in [-0.25, -0.2) is 0 Å². The topological polar surface area (TPSA) is 52.6 Å². The molecule has 2 N–H and O–H groups in total. The first-order valence-corrected chi connectivity index (χ1v) is 8.33. The van der Waals surface area contributed by atoms with Crippen LogP contribution in [0.4, 0.5) is 5.69 Å². The summed E-state index contributed by atoms with van der Waals surface area (Å²) in [4.78, 5) is 14.6. The van der Waals surface area contributed by atoms with Crippen LogP contribution >= 0.6 is 0 Å². The molecule has 0 aromatic heterocycles. The number of benzene rings is 2. The number of fused-ring (bicyclic) bond motifs is 1. The second-order valence-electron chi connectivity index (χ2n) is 6.60. The molecule has 24 heavy (non-hydrogen) atoms. The maximum Gasteiger partial charge on any atom is 0.251 e. The number of likely N-dealkylation sites (N-methyl/N-ethyl adjacent to an activating group) is 1. The summed E-state index contributed by atoms with van der Waals surface area (Å²) in [5, 5.41) is 13.3. The molecule has 0 radical (unpaired) electrons. The van der Waals surface area contributed by atoms with Gasteiger partial charge in [0.15, 0.2) is 0 Å². The van der Waals surface area contributed by atoms with Gasteiger partial charge in [-0.3, -0.25) is 4.79 Å². The van der Waals surface area contributed by atoms with Crippen LogP contribution in [-0.4, -0.2) is 31.2 Å². The fraction of sp³-hybridized carbons (Fsp3) is 0.350. The van der Waals surface area contributed by atoms with Crippen molar-refractivity contribution in [3.63, 3.8) is 0 Å². The van der Waals surface area contributed by atoms with Gasteiger partial charge < -0.3 is 15.3 Å². The molecule has 1 unspecified atom stereocenters. The van der Waals surface area contributed by atoms with Crippen LogP contribution in [0.2, 0.25) is 0 Å². The number of rotatable bonds is 4. The van der Waals surface area contributed by atoms with Gasteiger partial charge in [-0.2, -0.15) is 0 Å². The molecule has 3 rings (SSSR count). The molecule has 0 saturated heterocycles. The molecule has 1 aliphatic rings. The highest BCUT2D eigenvalue weighted by Gasteiger charge is 2.18. The molecule has 2 aromatic carbocycles. The number of amides is 1. The Labute approximate surface area is 143 Å². The van der Waals surface area contributed by atoms with E-state index in [4.69, 9.17) is 0 Å². The Kier molecular flexibility index (Phi) is 4.58. The quantitative estimate of drug-likeness (QED) is 0.909.